The van der Waals surface area contributed by atoms with E-state index in [0.717, 1.165) is 24.3 Å². The Bertz CT molecular complexity index is 1260. The van der Waals surface area contributed by atoms with Gasteiger partial charge in [-0.15, -0.1) is 0 Å². The van der Waals surface area contributed by atoms with E-state index in [-0.39, 0.29) is 10.6 Å². The largest absolute Gasteiger partial charge is 0.493 e. The molecular weight excluding hydrogens is 471 g/mol. The summed E-state index contributed by atoms with van der Waals surface area (Å²) in [5, 5.41) is 0. The number of rotatable bonds is 8. The van der Waals surface area contributed by atoms with Crippen molar-refractivity contribution in [3.63, 3.8) is 0 Å². The predicted molar refractivity (Wildman–Crippen MR) is 124 cm³/mol. The molecule has 3 aromatic carbocycles. The Kier molecular flexibility index (Phi) is 7.41. The second-order valence-electron chi connectivity index (χ2n) is 7.01. The molecule has 6 nitrogen and oxygen atoms in total. The number of hydrogen-bond donors (Lipinski definition) is 1. The van der Waals surface area contributed by atoms with E-state index in [1.54, 1.807) is 48.6 Å². The van der Waals surface area contributed by atoms with E-state index in [1.165, 1.54) is 21.3 Å². The van der Waals surface area contributed by atoms with Gasteiger partial charge in [-0.05, 0) is 53.6 Å². The summed E-state index contributed by atoms with van der Waals surface area (Å²) in [6.07, 6.45) is -1.14. The molecule has 10 heteroatoms. The molecule has 0 fully saturated rings. The predicted octanol–water partition coefficient (Wildman–Crippen LogP) is 5.70. The summed E-state index contributed by atoms with van der Waals surface area (Å²) in [6, 6.07) is 13.4. The molecule has 0 aliphatic rings. The summed E-state index contributed by atoms with van der Waals surface area (Å²) in [7, 11) is 0.368. The number of para-hydroxylation sites is 1. The summed E-state index contributed by atoms with van der Waals surface area (Å²) in [5.74, 6) is 1.35. The van der Waals surface area contributed by atoms with Crippen molar-refractivity contribution < 1.29 is 35.8 Å². The average molecular weight is 494 g/mol. The van der Waals surface area contributed by atoms with Crippen LogP contribution in [-0.2, 0) is 16.2 Å². The summed E-state index contributed by atoms with van der Waals surface area (Å²) in [6.45, 7) is 0. The molecule has 3 rings (SSSR count). The van der Waals surface area contributed by atoms with Crippen molar-refractivity contribution in [3.8, 4) is 17.2 Å². The van der Waals surface area contributed by atoms with Gasteiger partial charge in [-0.3, -0.25) is 4.72 Å². The van der Waals surface area contributed by atoms with Crippen LogP contribution in [0.4, 0.5) is 18.9 Å². The maximum absolute atomic E-state index is 12.8. The first-order valence-electron chi connectivity index (χ1n) is 9.86. The highest BCUT2D eigenvalue weighted by Crippen LogP contribution is 2.38. The third kappa shape index (κ3) is 5.63. The van der Waals surface area contributed by atoms with Gasteiger partial charge in [0.1, 0.15) is 0 Å². The molecule has 0 radical (unpaired) electrons. The number of sulfonamides is 1. The van der Waals surface area contributed by atoms with Crippen LogP contribution in [0.3, 0.4) is 0 Å². The Morgan fingerprint density at radius 2 is 1.41 bits per heavy atom. The molecule has 0 atom stereocenters. The Balaban J connectivity index is 1.90. The van der Waals surface area contributed by atoms with Gasteiger partial charge in [-0.2, -0.15) is 13.2 Å². The van der Waals surface area contributed by atoms with E-state index in [0.29, 0.717) is 28.4 Å². The fourth-order valence-electron chi connectivity index (χ4n) is 3.15. The van der Waals surface area contributed by atoms with Crippen LogP contribution < -0.4 is 18.9 Å². The summed E-state index contributed by atoms with van der Waals surface area (Å²) in [4.78, 5) is -0.288. The molecule has 0 saturated carbocycles. The molecule has 3 aromatic rings. The number of hydrogen-bond acceptors (Lipinski definition) is 5. The van der Waals surface area contributed by atoms with Gasteiger partial charge in [0.25, 0.3) is 10.0 Å². The average Bonchev–Trinajstić information content (AvgIpc) is 2.82. The van der Waals surface area contributed by atoms with Crippen LogP contribution >= 0.6 is 0 Å². The van der Waals surface area contributed by atoms with E-state index in [2.05, 4.69) is 4.72 Å². The second-order valence-corrected chi connectivity index (χ2v) is 8.69. The van der Waals surface area contributed by atoms with Gasteiger partial charge in [-0.1, -0.05) is 30.4 Å². The highest BCUT2D eigenvalue weighted by molar-refractivity contribution is 7.92. The molecule has 0 aromatic heterocycles. The molecule has 1 N–H and O–H groups in total. The lowest BCUT2D eigenvalue weighted by Crippen LogP contribution is -2.14. The van der Waals surface area contributed by atoms with Crippen molar-refractivity contribution in [1.29, 1.82) is 0 Å². The summed E-state index contributed by atoms with van der Waals surface area (Å²) < 4.78 is 82.3. The van der Waals surface area contributed by atoms with Crippen molar-refractivity contribution in [3.05, 3.63) is 77.4 Å². The second kappa shape index (κ2) is 10.1. The van der Waals surface area contributed by atoms with Crippen LogP contribution in [0.25, 0.3) is 12.2 Å². The molecule has 0 spiro atoms. The normalized spacial score (nSPS) is 11.9. The van der Waals surface area contributed by atoms with Crippen molar-refractivity contribution in [1.82, 2.24) is 0 Å². The number of benzene rings is 3. The van der Waals surface area contributed by atoms with Gasteiger partial charge in [0.2, 0.25) is 5.75 Å². The number of ether oxygens (including phenoxy) is 3. The van der Waals surface area contributed by atoms with Crippen molar-refractivity contribution in [2.75, 3.05) is 26.1 Å². The topological polar surface area (TPSA) is 73.9 Å². The van der Waals surface area contributed by atoms with Crippen molar-refractivity contribution in [2.45, 2.75) is 11.1 Å². The third-order valence-electron chi connectivity index (χ3n) is 4.84. The first kappa shape index (κ1) is 25.0. The molecule has 180 valence electrons. The van der Waals surface area contributed by atoms with E-state index >= 15 is 0 Å². The molecule has 0 aliphatic carbocycles. The Morgan fingerprint density at radius 1 is 0.824 bits per heavy atom. The summed E-state index contributed by atoms with van der Waals surface area (Å²) >= 11 is 0. The van der Waals surface area contributed by atoms with Gasteiger partial charge in [0.15, 0.2) is 11.5 Å². The molecule has 0 heterocycles. The molecular formula is C24H22F3NO5S. The highest BCUT2D eigenvalue weighted by atomic mass is 32.2. The van der Waals surface area contributed by atoms with Crippen LogP contribution in [0.1, 0.15) is 16.7 Å². The summed E-state index contributed by atoms with van der Waals surface area (Å²) in [5.41, 5.74) is 0.563. The Morgan fingerprint density at radius 3 is 1.94 bits per heavy atom. The molecule has 0 bridgehead atoms. The minimum Gasteiger partial charge on any atom is -0.493 e. The van der Waals surface area contributed by atoms with Crippen LogP contribution in [0.5, 0.6) is 17.2 Å². The van der Waals surface area contributed by atoms with Crippen LogP contribution in [0, 0.1) is 0 Å². The quantitative estimate of drug-likeness (QED) is 0.408. The lowest BCUT2D eigenvalue weighted by Gasteiger charge is -2.13. The molecule has 0 aliphatic heterocycles. The molecule has 0 amide bonds. The zero-order chi connectivity index (χ0) is 24.9. The standard InChI is InChI=1S/C24H22F3NO5S/c1-31-21-14-16(15-22(32-2)23(21)33-3)8-9-17-6-4-5-7-20(17)28-34(29,30)19-12-10-18(11-13-19)24(25,26)27/h4-15,28H,1-3H3/b9-8-. The maximum Gasteiger partial charge on any atom is 0.416 e. The van der Waals surface area contributed by atoms with Gasteiger partial charge in [0.05, 0.1) is 37.5 Å². The van der Waals surface area contributed by atoms with E-state index in [9.17, 15) is 21.6 Å². The first-order valence-corrected chi connectivity index (χ1v) is 11.3. The van der Waals surface area contributed by atoms with Crippen molar-refractivity contribution >= 4 is 27.9 Å². The van der Waals surface area contributed by atoms with Gasteiger partial charge in [0, 0.05) is 0 Å². The molecule has 0 unspecified atom stereocenters. The van der Waals surface area contributed by atoms with Crippen LogP contribution in [0.2, 0.25) is 0 Å². The molecule has 34 heavy (non-hydrogen) atoms. The fourth-order valence-corrected chi connectivity index (χ4v) is 4.23. The number of alkyl halides is 3. The zero-order valence-electron chi connectivity index (χ0n) is 18.5. The zero-order valence-corrected chi connectivity index (χ0v) is 19.3. The van der Waals surface area contributed by atoms with E-state index in [1.807, 2.05) is 0 Å². The number of anilines is 1. The van der Waals surface area contributed by atoms with E-state index in [4.69, 9.17) is 14.2 Å². The third-order valence-corrected chi connectivity index (χ3v) is 6.22. The van der Waals surface area contributed by atoms with E-state index < -0.39 is 21.8 Å². The number of nitrogens with one attached hydrogen (secondary N) is 1. The smallest absolute Gasteiger partial charge is 0.416 e. The lowest BCUT2D eigenvalue weighted by molar-refractivity contribution is -0.137. The van der Waals surface area contributed by atoms with Crippen LogP contribution in [-0.4, -0.2) is 29.7 Å². The Hall–Kier alpha value is -3.66. The maximum atomic E-state index is 12.8. The first-order chi connectivity index (χ1) is 16.1. The highest BCUT2D eigenvalue weighted by Gasteiger charge is 2.30. The van der Waals surface area contributed by atoms with Gasteiger partial charge in [-0.25, -0.2) is 8.42 Å². The SMILES string of the molecule is COc1cc(/C=C\c2ccccc2NS(=O)(=O)c2ccc(C(F)(F)F)cc2)cc(OC)c1OC. The Labute approximate surface area is 195 Å². The van der Waals surface area contributed by atoms with Crippen LogP contribution in [0.15, 0.2) is 65.6 Å². The number of halogens is 3. The number of methoxy groups -OCH3 is 3. The molecule has 0 saturated heterocycles. The van der Waals surface area contributed by atoms with Crippen molar-refractivity contribution in [2.24, 2.45) is 0 Å². The minimum absolute atomic E-state index is 0.256. The monoisotopic (exact) mass is 493 g/mol. The van der Waals surface area contributed by atoms with Gasteiger partial charge < -0.3 is 14.2 Å². The van der Waals surface area contributed by atoms with Gasteiger partial charge >= 0.3 is 6.18 Å². The minimum atomic E-state index is -4.56. The lowest BCUT2D eigenvalue weighted by atomic mass is 10.1. The fraction of sp³-hybridized carbons (Fsp3) is 0.167.